The van der Waals surface area contributed by atoms with Crippen molar-refractivity contribution in [1.29, 1.82) is 0 Å². The van der Waals surface area contributed by atoms with Gasteiger partial charge < -0.3 is 20.3 Å². The van der Waals surface area contributed by atoms with Gasteiger partial charge in [0.05, 0.1) is 24.5 Å². The van der Waals surface area contributed by atoms with Gasteiger partial charge in [0, 0.05) is 32.6 Å². The van der Waals surface area contributed by atoms with Crippen LogP contribution in [0.4, 0.5) is 20.6 Å². The highest BCUT2D eigenvalue weighted by molar-refractivity contribution is 5.90. The summed E-state index contributed by atoms with van der Waals surface area (Å²) < 4.78 is 20.2. The summed E-state index contributed by atoms with van der Waals surface area (Å²) in [5.74, 6) is -0.537. The lowest BCUT2D eigenvalue weighted by Gasteiger charge is -2.34. The minimum atomic E-state index is -0.530. The Morgan fingerprint density at radius 2 is 1.91 bits per heavy atom. The third kappa shape index (κ3) is 5.37. The summed E-state index contributed by atoms with van der Waals surface area (Å²) in [5.41, 5.74) is 2.27. The molecule has 4 rings (SSSR count). The van der Waals surface area contributed by atoms with Crippen LogP contribution in [0.5, 0.6) is 0 Å². The molecule has 2 saturated heterocycles. The Morgan fingerprint density at radius 3 is 2.59 bits per heavy atom. The van der Waals surface area contributed by atoms with E-state index in [-0.39, 0.29) is 24.8 Å². The second-order valence-electron chi connectivity index (χ2n) is 8.32. The Labute approximate surface area is 187 Å². The van der Waals surface area contributed by atoms with E-state index in [0.717, 1.165) is 32.5 Å². The van der Waals surface area contributed by atoms with E-state index >= 15 is 0 Å². The van der Waals surface area contributed by atoms with Crippen molar-refractivity contribution >= 4 is 23.4 Å². The van der Waals surface area contributed by atoms with Gasteiger partial charge in [0.25, 0.3) is 0 Å². The predicted octanol–water partition coefficient (Wildman–Crippen LogP) is 3.05. The minimum absolute atomic E-state index is 0.186. The zero-order valence-corrected chi connectivity index (χ0v) is 18.2. The molecule has 7 nitrogen and oxygen atoms in total. The second kappa shape index (κ2) is 9.99. The van der Waals surface area contributed by atoms with Gasteiger partial charge in [-0.3, -0.25) is 9.69 Å². The third-order valence-corrected chi connectivity index (χ3v) is 5.97. The molecule has 2 heterocycles. The van der Waals surface area contributed by atoms with Gasteiger partial charge in [0.2, 0.25) is 5.91 Å². The number of hydrogen-bond acceptors (Lipinski definition) is 5. The van der Waals surface area contributed by atoms with E-state index in [1.165, 1.54) is 23.5 Å². The lowest BCUT2D eigenvalue weighted by Crippen LogP contribution is -2.42. The standard InChI is InChI=1S/C24H29FN4O3/c1-17(30)26-15-21-16-29(24(31)32-21)20-7-8-23(22(25)13-20)28-11-9-19(10-12-28)27-14-18-5-3-2-4-6-18/h2-8,13,19,21,27H,9-12,14-16H2,1H3,(H,26,30)/t21-/m0/s1. The first-order valence-corrected chi connectivity index (χ1v) is 11.0. The highest BCUT2D eigenvalue weighted by atomic mass is 19.1. The monoisotopic (exact) mass is 440 g/mol. The Morgan fingerprint density at radius 1 is 1.16 bits per heavy atom. The molecule has 0 aromatic heterocycles. The Hall–Kier alpha value is -3.13. The van der Waals surface area contributed by atoms with Crippen molar-refractivity contribution in [3.63, 3.8) is 0 Å². The smallest absolute Gasteiger partial charge is 0.414 e. The Balaban J connectivity index is 1.31. The average molecular weight is 441 g/mol. The van der Waals surface area contributed by atoms with Gasteiger partial charge >= 0.3 is 6.09 Å². The van der Waals surface area contributed by atoms with E-state index in [2.05, 4.69) is 27.7 Å². The number of cyclic esters (lactones) is 1. The van der Waals surface area contributed by atoms with Gasteiger partial charge in [0.15, 0.2) is 0 Å². The van der Waals surface area contributed by atoms with Gasteiger partial charge in [-0.2, -0.15) is 0 Å². The minimum Gasteiger partial charge on any atom is -0.442 e. The average Bonchev–Trinajstić information content (AvgIpc) is 3.18. The number of hydrogen-bond donors (Lipinski definition) is 2. The van der Waals surface area contributed by atoms with E-state index in [0.29, 0.717) is 17.4 Å². The summed E-state index contributed by atoms with van der Waals surface area (Å²) in [6.07, 6.45) is 0.906. The molecule has 2 aromatic carbocycles. The molecule has 0 radical (unpaired) electrons. The molecule has 2 aromatic rings. The number of carbonyl (C=O) groups excluding carboxylic acids is 2. The molecule has 2 aliphatic rings. The molecule has 0 unspecified atom stereocenters. The molecule has 32 heavy (non-hydrogen) atoms. The number of nitrogens with one attached hydrogen (secondary N) is 2. The highest BCUT2D eigenvalue weighted by Crippen LogP contribution is 2.29. The molecule has 1 atom stereocenters. The maximum Gasteiger partial charge on any atom is 0.414 e. The van der Waals surface area contributed by atoms with Crippen molar-refractivity contribution in [1.82, 2.24) is 10.6 Å². The fourth-order valence-electron chi connectivity index (χ4n) is 4.20. The van der Waals surface area contributed by atoms with Crippen LogP contribution in [-0.4, -0.2) is 50.3 Å². The summed E-state index contributed by atoms with van der Waals surface area (Å²) in [6.45, 7) is 4.30. The zero-order chi connectivity index (χ0) is 22.5. The van der Waals surface area contributed by atoms with Crippen molar-refractivity contribution in [2.24, 2.45) is 0 Å². The summed E-state index contributed by atoms with van der Waals surface area (Å²) in [7, 11) is 0. The molecule has 0 spiro atoms. The number of carbonyl (C=O) groups is 2. The quantitative estimate of drug-likeness (QED) is 0.692. The first kappa shape index (κ1) is 22.1. The van der Waals surface area contributed by atoms with E-state index in [1.807, 2.05) is 18.2 Å². The first-order chi connectivity index (χ1) is 15.5. The molecule has 2 fully saturated rings. The summed E-state index contributed by atoms with van der Waals surface area (Å²) in [4.78, 5) is 26.7. The van der Waals surface area contributed by atoms with Crippen LogP contribution in [0.1, 0.15) is 25.3 Å². The van der Waals surface area contributed by atoms with Crippen LogP contribution >= 0.6 is 0 Å². The van der Waals surface area contributed by atoms with Crippen LogP contribution in [-0.2, 0) is 16.1 Å². The van der Waals surface area contributed by atoms with Crippen molar-refractivity contribution in [2.45, 2.75) is 38.5 Å². The Bertz CT molecular complexity index is 948. The molecule has 0 bridgehead atoms. The summed E-state index contributed by atoms with van der Waals surface area (Å²) in [6, 6.07) is 15.6. The van der Waals surface area contributed by atoms with E-state index in [1.54, 1.807) is 12.1 Å². The number of benzene rings is 2. The highest BCUT2D eigenvalue weighted by Gasteiger charge is 2.33. The summed E-state index contributed by atoms with van der Waals surface area (Å²) >= 11 is 0. The van der Waals surface area contributed by atoms with E-state index in [9.17, 15) is 14.0 Å². The largest absolute Gasteiger partial charge is 0.442 e. The molecular weight excluding hydrogens is 411 g/mol. The molecule has 2 amide bonds. The number of halogens is 1. The number of piperidine rings is 1. The van der Waals surface area contributed by atoms with Crippen LogP contribution in [0.25, 0.3) is 0 Å². The van der Waals surface area contributed by atoms with Crippen LogP contribution in [0.2, 0.25) is 0 Å². The topological polar surface area (TPSA) is 73.9 Å². The molecule has 0 saturated carbocycles. The number of anilines is 2. The number of amides is 2. The van der Waals surface area contributed by atoms with Crippen LogP contribution in [0, 0.1) is 5.82 Å². The van der Waals surface area contributed by atoms with Gasteiger partial charge in [-0.15, -0.1) is 0 Å². The van der Waals surface area contributed by atoms with Crippen molar-refractivity contribution < 1.29 is 18.7 Å². The molecule has 8 heteroatoms. The van der Waals surface area contributed by atoms with Gasteiger partial charge in [-0.05, 0) is 36.6 Å². The number of nitrogens with zero attached hydrogens (tertiary/aromatic N) is 2. The molecule has 2 aliphatic heterocycles. The van der Waals surface area contributed by atoms with Crippen LogP contribution in [0.3, 0.4) is 0 Å². The normalized spacial score (nSPS) is 19.2. The Kier molecular flexibility index (Phi) is 6.90. The number of ether oxygens (including phenoxy) is 1. The maximum absolute atomic E-state index is 14.9. The third-order valence-electron chi connectivity index (χ3n) is 5.97. The fourth-order valence-corrected chi connectivity index (χ4v) is 4.20. The zero-order valence-electron chi connectivity index (χ0n) is 18.2. The second-order valence-corrected chi connectivity index (χ2v) is 8.32. The van der Waals surface area contributed by atoms with Gasteiger partial charge in [0.1, 0.15) is 11.9 Å². The first-order valence-electron chi connectivity index (χ1n) is 11.0. The fraction of sp³-hybridized carbons (Fsp3) is 0.417. The summed E-state index contributed by atoms with van der Waals surface area (Å²) in [5, 5.41) is 6.23. The van der Waals surface area contributed by atoms with Crippen molar-refractivity contribution in [3.05, 3.63) is 59.9 Å². The predicted molar refractivity (Wildman–Crippen MR) is 121 cm³/mol. The van der Waals surface area contributed by atoms with Crippen LogP contribution in [0.15, 0.2) is 48.5 Å². The number of rotatable bonds is 7. The molecule has 2 N–H and O–H groups in total. The SMILES string of the molecule is CC(=O)NC[C@H]1CN(c2ccc(N3CCC(NCc4ccccc4)CC3)c(F)c2)C(=O)O1. The molecular formula is C24H29FN4O3. The molecule has 170 valence electrons. The lowest BCUT2D eigenvalue weighted by atomic mass is 10.0. The molecule has 0 aliphatic carbocycles. The van der Waals surface area contributed by atoms with Crippen molar-refractivity contribution in [3.8, 4) is 0 Å². The van der Waals surface area contributed by atoms with E-state index in [4.69, 9.17) is 4.74 Å². The lowest BCUT2D eigenvalue weighted by molar-refractivity contribution is -0.119. The maximum atomic E-state index is 14.9. The van der Waals surface area contributed by atoms with Gasteiger partial charge in [-0.25, -0.2) is 9.18 Å². The van der Waals surface area contributed by atoms with Crippen LogP contribution < -0.4 is 20.4 Å². The van der Waals surface area contributed by atoms with Gasteiger partial charge in [-0.1, -0.05) is 30.3 Å². The van der Waals surface area contributed by atoms with Crippen molar-refractivity contribution in [2.75, 3.05) is 36.0 Å². The van der Waals surface area contributed by atoms with E-state index < -0.39 is 12.2 Å².